The van der Waals surface area contributed by atoms with E-state index in [9.17, 15) is 9.59 Å². The van der Waals surface area contributed by atoms with Crippen molar-refractivity contribution in [2.75, 3.05) is 26.2 Å². The number of ether oxygens (including phenoxy) is 1. The van der Waals surface area contributed by atoms with Crippen LogP contribution in [0.3, 0.4) is 0 Å². The molecular weight excluding hydrogens is 304 g/mol. The second-order valence-electron chi connectivity index (χ2n) is 7.06. The van der Waals surface area contributed by atoms with Crippen molar-refractivity contribution in [3.05, 3.63) is 35.4 Å². The van der Waals surface area contributed by atoms with Gasteiger partial charge in [0.15, 0.2) is 0 Å². The van der Waals surface area contributed by atoms with E-state index in [4.69, 9.17) is 4.74 Å². The standard InChI is InChI=1S/C19H24N2O3/c22-18(13-15-6-5-14-3-1-2-4-17(14)15)20-9-7-16(8-10-20)21-11-12-24-19(21)23/h1-4,15-16H,5-13H2. The highest BCUT2D eigenvalue weighted by atomic mass is 16.6. The first-order chi connectivity index (χ1) is 11.7. The van der Waals surface area contributed by atoms with Crippen LogP contribution in [0.5, 0.6) is 0 Å². The maximum Gasteiger partial charge on any atom is 0.410 e. The molecule has 4 rings (SSSR count). The average molecular weight is 328 g/mol. The van der Waals surface area contributed by atoms with E-state index in [1.807, 2.05) is 9.80 Å². The Balaban J connectivity index is 1.32. The molecule has 2 heterocycles. The van der Waals surface area contributed by atoms with E-state index in [0.717, 1.165) is 38.8 Å². The van der Waals surface area contributed by atoms with Gasteiger partial charge < -0.3 is 14.5 Å². The zero-order chi connectivity index (χ0) is 16.5. The number of hydrogen-bond donors (Lipinski definition) is 0. The predicted octanol–water partition coefficient (Wildman–Crippen LogP) is 2.55. The molecule has 1 aliphatic carbocycles. The summed E-state index contributed by atoms with van der Waals surface area (Å²) in [5, 5.41) is 0. The van der Waals surface area contributed by atoms with Crippen molar-refractivity contribution in [2.24, 2.45) is 0 Å². The SMILES string of the molecule is O=C(CC1CCc2ccccc21)N1CCC(N2CCOC2=O)CC1. The van der Waals surface area contributed by atoms with E-state index in [1.165, 1.54) is 11.1 Å². The van der Waals surface area contributed by atoms with E-state index >= 15 is 0 Å². The quantitative estimate of drug-likeness (QED) is 0.857. The van der Waals surface area contributed by atoms with E-state index in [1.54, 1.807) is 0 Å². The number of carbonyl (C=O) groups excluding carboxylic acids is 2. The maximum atomic E-state index is 12.7. The molecule has 2 amide bonds. The van der Waals surface area contributed by atoms with Crippen LogP contribution in [0, 0.1) is 0 Å². The molecule has 24 heavy (non-hydrogen) atoms. The van der Waals surface area contributed by atoms with Gasteiger partial charge in [-0.3, -0.25) is 4.79 Å². The summed E-state index contributed by atoms with van der Waals surface area (Å²) in [6.45, 7) is 2.69. The number of hydrogen-bond acceptors (Lipinski definition) is 3. The van der Waals surface area contributed by atoms with Gasteiger partial charge in [-0.2, -0.15) is 0 Å². The first kappa shape index (κ1) is 15.5. The van der Waals surface area contributed by atoms with Crippen molar-refractivity contribution in [2.45, 2.75) is 44.1 Å². The molecule has 2 saturated heterocycles. The summed E-state index contributed by atoms with van der Waals surface area (Å²) >= 11 is 0. The van der Waals surface area contributed by atoms with Gasteiger partial charge in [0.2, 0.25) is 5.91 Å². The Morgan fingerprint density at radius 3 is 2.67 bits per heavy atom. The number of rotatable bonds is 3. The molecule has 3 aliphatic rings. The van der Waals surface area contributed by atoms with E-state index < -0.39 is 0 Å². The number of benzene rings is 1. The molecule has 0 saturated carbocycles. The molecule has 128 valence electrons. The number of aryl methyl sites for hydroxylation is 1. The van der Waals surface area contributed by atoms with Crippen LogP contribution in [0.25, 0.3) is 0 Å². The summed E-state index contributed by atoms with van der Waals surface area (Å²) in [7, 11) is 0. The van der Waals surface area contributed by atoms with Crippen LogP contribution in [-0.2, 0) is 16.0 Å². The summed E-state index contributed by atoms with van der Waals surface area (Å²) in [5.74, 6) is 0.638. The third kappa shape index (κ3) is 2.87. The number of amides is 2. The molecule has 5 heteroatoms. The molecule has 1 aromatic carbocycles. The van der Waals surface area contributed by atoms with E-state index in [-0.39, 0.29) is 18.0 Å². The molecule has 0 aromatic heterocycles. The van der Waals surface area contributed by atoms with Gasteiger partial charge in [0.1, 0.15) is 6.61 Å². The topological polar surface area (TPSA) is 49.9 Å². The summed E-state index contributed by atoms with van der Waals surface area (Å²) < 4.78 is 5.02. The molecule has 0 bridgehead atoms. The second kappa shape index (κ2) is 6.46. The molecule has 0 radical (unpaired) electrons. The fourth-order valence-electron chi connectivity index (χ4n) is 4.36. The van der Waals surface area contributed by atoms with Crippen LogP contribution in [0.15, 0.2) is 24.3 Å². The Morgan fingerprint density at radius 2 is 1.92 bits per heavy atom. The van der Waals surface area contributed by atoms with Crippen molar-refractivity contribution in [3.8, 4) is 0 Å². The Hall–Kier alpha value is -2.04. The minimum atomic E-state index is -0.192. The van der Waals surface area contributed by atoms with Gasteiger partial charge in [-0.15, -0.1) is 0 Å². The highest BCUT2D eigenvalue weighted by Gasteiger charge is 2.34. The zero-order valence-corrected chi connectivity index (χ0v) is 13.9. The minimum absolute atomic E-state index is 0.192. The molecule has 0 spiro atoms. The lowest BCUT2D eigenvalue weighted by atomic mass is 9.96. The zero-order valence-electron chi connectivity index (χ0n) is 13.9. The molecule has 5 nitrogen and oxygen atoms in total. The van der Waals surface area contributed by atoms with Crippen molar-refractivity contribution in [3.63, 3.8) is 0 Å². The van der Waals surface area contributed by atoms with Crippen LogP contribution in [0.2, 0.25) is 0 Å². The van der Waals surface area contributed by atoms with Crippen molar-refractivity contribution in [1.29, 1.82) is 0 Å². The fourth-order valence-corrected chi connectivity index (χ4v) is 4.36. The maximum absolute atomic E-state index is 12.7. The van der Waals surface area contributed by atoms with Crippen LogP contribution < -0.4 is 0 Å². The smallest absolute Gasteiger partial charge is 0.410 e. The minimum Gasteiger partial charge on any atom is -0.448 e. The largest absolute Gasteiger partial charge is 0.448 e. The van der Waals surface area contributed by atoms with Gasteiger partial charge in [0, 0.05) is 25.6 Å². The Kier molecular flexibility index (Phi) is 4.17. The van der Waals surface area contributed by atoms with E-state index in [2.05, 4.69) is 24.3 Å². The van der Waals surface area contributed by atoms with Gasteiger partial charge in [-0.25, -0.2) is 4.79 Å². The molecule has 2 fully saturated rings. The number of cyclic esters (lactones) is 1. The molecular formula is C19H24N2O3. The van der Waals surface area contributed by atoms with Gasteiger partial charge in [-0.1, -0.05) is 24.3 Å². The Labute approximate surface area is 142 Å². The molecule has 1 unspecified atom stereocenters. The van der Waals surface area contributed by atoms with Crippen molar-refractivity contribution >= 4 is 12.0 Å². The Bertz CT molecular complexity index is 637. The molecule has 2 aliphatic heterocycles. The van der Waals surface area contributed by atoms with Gasteiger partial charge in [-0.05, 0) is 42.7 Å². The fraction of sp³-hybridized carbons (Fsp3) is 0.579. The van der Waals surface area contributed by atoms with Crippen LogP contribution >= 0.6 is 0 Å². The highest BCUT2D eigenvalue weighted by Crippen LogP contribution is 2.35. The monoisotopic (exact) mass is 328 g/mol. The first-order valence-electron chi connectivity index (χ1n) is 9.01. The third-order valence-corrected chi connectivity index (χ3v) is 5.73. The second-order valence-corrected chi connectivity index (χ2v) is 7.06. The lowest BCUT2D eigenvalue weighted by Gasteiger charge is -2.36. The normalized spacial score (nSPS) is 24.2. The Morgan fingerprint density at radius 1 is 1.12 bits per heavy atom. The number of fused-ring (bicyclic) bond motifs is 1. The van der Waals surface area contributed by atoms with Gasteiger partial charge in [0.25, 0.3) is 0 Å². The van der Waals surface area contributed by atoms with Gasteiger partial charge >= 0.3 is 6.09 Å². The van der Waals surface area contributed by atoms with Crippen LogP contribution in [0.1, 0.15) is 42.7 Å². The van der Waals surface area contributed by atoms with Crippen molar-refractivity contribution in [1.82, 2.24) is 9.80 Å². The lowest BCUT2D eigenvalue weighted by Crippen LogP contribution is -2.47. The van der Waals surface area contributed by atoms with Crippen LogP contribution in [0.4, 0.5) is 4.79 Å². The number of likely N-dealkylation sites (tertiary alicyclic amines) is 1. The summed E-state index contributed by atoms with van der Waals surface area (Å²) in [6.07, 6.45) is 4.33. The molecule has 0 N–H and O–H groups in total. The molecule has 1 aromatic rings. The van der Waals surface area contributed by atoms with Crippen LogP contribution in [-0.4, -0.2) is 54.1 Å². The lowest BCUT2D eigenvalue weighted by molar-refractivity contribution is -0.133. The predicted molar refractivity (Wildman–Crippen MR) is 89.8 cm³/mol. The first-order valence-corrected chi connectivity index (χ1v) is 9.01. The summed E-state index contributed by atoms with van der Waals surface area (Å²) in [4.78, 5) is 28.1. The van der Waals surface area contributed by atoms with Gasteiger partial charge in [0.05, 0.1) is 6.54 Å². The third-order valence-electron chi connectivity index (χ3n) is 5.73. The van der Waals surface area contributed by atoms with E-state index in [0.29, 0.717) is 25.5 Å². The van der Waals surface area contributed by atoms with Crippen molar-refractivity contribution < 1.29 is 14.3 Å². The average Bonchev–Trinajstić information content (AvgIpc) is 3.22. The highest BCUT2D eigenvalue weighted by molar-refractivity contribution is 5.77. The number of piperidine rings is 1. The summed E-state index contributed by atoms with van der Waals surface area (Å²) in [6, 6.07) is 8.74. The molecule has 1 atom stereocenters. The summed E-state index contributed by atoms with van der Waals surface area (Å²) in [5.41, 5.74) is 2.77. The number of nitrogens with zero attached hydrogens (tertiary/aromatic N) is 2. The number of carbonyl (C=O) groups is 2.